The lowest BCUT2D eigenvalue weighted by Gasteiger charge is -2.11. The van der Waals surface area contributed by atoms with E-state index in [-0.39, 0.29) is 0 Å². The Labute approximate surface area is 368 Å². The highest BCUT2D eigenvalue weighted by atomic mass is 32.1. The quantitative estimate of drug-likeness (QED) is 0.150. The Hall–Kier alpha value is -8.12. The summed E-state index contributed by atoms with van der Waals surface area (Å²) in [4.78, 5) is 20.5. The molecule has 9 aromatic carbocycles. The van der Waals surface area contributed by atoms with Gasteiger partial charge in [0.05, 0.1) is 15.9 Å². The lowest BCUT2D eigenvalue weighted by atomic mass is 9.98. The first-order valence-electron chi connectivity index (χ1n) is 21.1. The van der Waals surface area contributed by atoms with Crippen molar-refractivity contribution in [2.24, 2.45) is 0 Å². The zero-order valence-corrected chi connectivity index (χ0v) is 34.8. The van der Waals surface area contributed by atoms with Crippen LogP contribution in [0, 0.1) is 0 Å². The molecule has 63 heavy (non-hydrogen) atoms. The van der Waals surface area contributed by atoms with Crippen LogP contribution in [-0.4, -0.2) is 19.9 Å². The number of hydrogen-bond donors (Lipinski definition) is 0. The van der Waals surface area contributed by atoms with Crippen LogP contribution in [0.1, 0.15) is 0 Å². The van der Waals surface area contributed by atoms with Crippen molar-refractivity contribution < 1.29 is 0 Å². The maximum absolute atomic E-state index is 5.35. The molecule has 0 radical (unpaired) electrons. The SMILES string of the molecule is c1ccc(-c2ccc(-c3nc(-c4ccc(-c5ccccc5)cc4)nc(-c4ccc(-c5ccc(-c6nc7cc8ccccc8cc7c7c6sc6ccccc67)cc5)cc4)n3)cc2)cc1. The van der Waals surface area contributed by atoms with Crippen LogP contribution in [0.5, 0.6) is 0 Å². The minimum atomic E-state index is 0.624. The van der Waals surface area contributed by atoms with Crippen LogP contribution in [0.15, 0.2) is 218 Å². The molecule has 12 rings (SSSR count). The maximum Gasteiger partial charge on any atom is 0.164 e. The van der Waals surface area contributed by atoms with Gasteiger partial charge in [-0.1, -0.05) is 200 Å². The highest BCUT2D eigenvalue weighted by Crippen LogP contribution is 2.44. The van der Waals surface area contributed by atoms with E-state index < -0.39 is 0 Å². The van der Waals surface area contributed by atoms with Gasteiger partial charge in [0.1, 0.15) is 0 Å². The van der Waals surface area contributed by atoms with Gasteiger partial charge < -0.3 is 0 Å². The Kier molecular flexibility index (Phi) is 8.98. The van der Waals surface area contributed by atoms with Crippen molar-refractivity contribution >= 4 is 53.2 Å². The highest BCUT2D eigenvalue weighted by Gasteiger charge is 2.18. The van der Waals surface area contributed by atoms with Gasteiger partial charge >= 0.3 is 0 Å². The summed E-state index contributed by atoms with van der Waals surface area (Å²) in [5.74, 6) is 1.88. The van der Waals surface area contributed by atoms with E-state index in [1.165, 1.54) is 47.5 Å². The largest absolute Gasteiger partial charge is 0.246 e. The average molecular weight is 821 g/mol. The fraction of sp³-hybridized carbons (Fsp3) is 0. The van der Waals surface area contributed by atoms with Crippen LogP contribution >= 0.6 is 11.3 Å². The predicted molar refractivity (Wildman–Crippen MR) is 264 cm³/mol. The van der Waals surface area contributed by atoms with Crippen LogP contribution in [-0.2, 0) is 0 Å². The summed E-state index contributed by atoms with van der Waals surface area (Å²) in [7, 11) is 0. The van der Waals surface area contributed by atoms with Crippen LogP contribution in [0.3, 0.4) is 0 Å². The molecular formula is C58H36N4S. The Morgan fingerprint density at radius 3 is 1.16 bits per heavy atom. The number of fused-ring (bicyclic) bond motifs is 6. The van der Waals surface area contributed by atoms with Crippen LogP contribution in [0.25, 0.3) is 121 Å². The Balaban J connectivity index is 0.895. The first kappa shape index (κ1) is 36.7. The second-order valence-corrected chi connectivity index (χ2v) is 16.9. The molecule has 294 valence electrons. The maximum atomic E-state index is 5.35. The summed E-state index contributed by atoms with van der Waals surface area (Å²) < 4.78 is 2.48. The van der Waals surface area contributed by atoms with E-state index in [1.54, 1.807) is 0 Å². The molecule has 0 unspecified atom stereocenters. The Bertz CT molecular complexity index is 3520. The number of aromatic nitrogens is 4. The van der Waals surface area contributed by atoms with Crippen LogP contribution in [0.2, 0.25) is 0 Å². The van der Waals surface area contributed by atoms with Crippen molar-refractivity contribution in [2.45, 2.75) is 0 Å². The molecule has 12 aromatic rings. The van der Waals surface area contributed by atoms with Gasteiger partial charge in [0.15, 0.2) is 17.5 Å². The molecule has 0 spiro atoms. The van der Waals surface area contributed by atoms with E-state index in [2.05, 4.69) is 206 Å². The smallest absolute Gasteiger partial charge is 0.164 e. The lowest BCUT2D eigenvalue weighted by Crippen LogP contribution is -2.00. The first-order chi connectivity index (χ1) is 31.2. The van der Waals surface area contributed by atoms with Gasteiger partial charge in [-0.25, -0.2) is 19.9 Å². The molecule has 0 fully saturated rings. The van der Waals surface area contributed by atoms with E-state index >= 15 is 0 Å². The van der Waals surface area contributed by atoms with Gasteiger partial charge in [-0.3, -0.25) is 0 Å². The molecule has 3 heterocycles. The number of pyridine rings is 1. The lowest BCUT2D eigenvalue weighted by molar-refractivity contribution is 1.07. The standard InChI is InChI=1S/C58H36N4S/c1-3-11-37(12-4-1)39-21-29-44(30-22-39)56-60-57(45-31-23-40(24-32-45)38-13-5-2-6-14-38)62-58(61-56)46-33-25-42(26-34-46)41-19-27-43(28-20-41)54-55-53(49-17-9-10-18-52(49)63-55)50-35-47-15-7-8-16-48(47)36-51(50)59-54/h1-36H. The molecule has 0 amide bonds. The molecular weight excluding hydrogens is 785 g/mol. The number of benzene rings is 9. The van der Waals surface area contributed by atoms with Crippen molar-refractivity contribution in [1.82, 2.24) is 19.9 Å². The summed E-state index contributed by atoms with van der Waals surface area (Å²) in [6.45, 7) is 0. The van der Waals surface area contributed by atoms with E-state index in [0.29, 0.717) is 17.5 Å². The summed E-state index contributed by atoms with van der Waals surface area (Å²) in [5, 5.41) is 6.17. The zero-order valence-electron chi connectivity index (χ0n) is 34.0. The fourth-order valence-corrected chi connectivity index (χ4v) is 9.88. The molecule has 5 heteroatoms. The van der Waals surface area contributed by atoms with Gasteiger partial charge in [0.2, 0.25) is 0 Å². The molecule has 0 saturated carbocycles. The molecule has 0 saturated heterocycles. The summed E-state index contributed by atoms with van der Waals surface area (Å²) >= 11 is 1.82. The Morgan fingerprint density at radius 1 is 0.286 bits per heavy atom. The summed E-state index contributed by atoms with van der Waals surface area (Å²) in [6, 6.07) is 76.9. The molecule has 0 aliphatic heterocycles. The molecule has 0 bridgehead atoms. The number of thiophene rings is 1. The topological polar surface area (TPSA) is 51.6 Å². The van der Waals surface area contributed by atoms with Crippen molar-refractivity contribution in [3.63, 3.8) is 0 Å². The van der Waals surface area contributed by atoms with E-state index in [9.17, 15) is 0 Å². The normalized spacial score (nSPS) is 11.5. The minimum Gasteiger partial charge on any atom is -0.246 e. The number of hydrogen-bond acceptors (Lipinski definition) is 5. The molecule has 3 aromatic heterocycles. The molecule has 0 aliphatic carbocycles. The fourth-order valence-electron chi connectivity index (χ4n) is 8.65. The molecule has 0 atom stereocenters. The van der Waals surface area contributed by atoms with Gasteiger partial charge in [-0.05, 0) is 62.4 Å². The molecule has 0 N–H and O–H groups in total. The van der Waals surface area contributed by atoms with E-state index in [0.717, 1.165) is 55.7 Å². The first-order valence-corrected chi connectivity index (χ1v) is 21.9. The minimum absolute atomic E-state index is 0.624. The zero-order chi connectivity index (χ0) is 41.7. The van der Waals surface area contributed by atoms with Gasteiger partial charge in [0, 0.05) is 43.1 Å². The highest BCUT2D eigenvalue weighted by molar-refractivity contribution is 7.26. The monoisotopic (exact) mass is 820 g/mol. The van der Waals surface area contributed by atoms with E-state index in [1.807, 2.05) is 23.5 Å². The van der Waals surface area contributed by atoms with Gasteiger partial charge in [-0.15, -0.1) is 11.3 Å². The third kappa shape index (κ3) is 6.81. The van der Waals surface area contributed by atoms with Crippen molar-refractivity contribution in [1.29, 1.82) is 0 Å². The summed E-state index contributed by atoms with van der Waals surface area (Å²) in [6.07, 6.45) is 0. The van der Waals surface area contributed by atoms with Crippen molar-refractivity contribution in [3.8, 4) is 78.8 Å². The summed E-state index contributed by atoms with van der Waals surface area (Å²) in [5.41, 5.74) is 12.8. The van der Waals surface area contributed by atoms with Gasteiger partial charge in [0.25, 0.3) is 0 Å². The molecule has 4 nitrogen and oxygen atoms in total. The third-order valence-corrected chi connectivity index (χ3v) is 13.1. The average Bonchev–Trinajstić information content (AvgIpc) is 3.76. The van der Waals surface area contributed by atoms with E-state index in [4.69, 9.17) is 19.9 Å². The number of rotatable bonds is 7. The predicted octanol–water partition coefficient (Wildman–Crippen LogP) is 15.6. The second kappa shape index (κ2) is 15.4. The van der Waals surface area contributed by atoms with Crippen molar-refractivity contribution in [3.05, 3.63) is 218 Å². The number of nitrogens with zero attached hydrogens (tertiary/aromatic N) is 4. The third-order valence-electron chi connectivity index (χ3n) is 11.9. The van der Waals surface area contributed by atoms with Crippen molar-refractivity contribution in [2.75, 3.05) is 0 Å². The molecule has 0 aliphatic rings. The Morgan fingerprint density at radius 2 is 0.667 bits per heavy atom. The second-order valence-electron chi connectivity index (χ2n) is 15.8. The van der Waals surface area contributed by atoms with Gasteiger partial charge in [-0.2, -0.15) is 0 Å². The van der Waals surface area contributed by atoms with Crippen LogP contribution < -0.4 is 0 Å². The van der Waals surface area contributed by atoms with Crippen LogP contribution in [0.4, 0.5) is 0 Å².